The summed E-state index contributed by atoms with van der Waals surface area (Å²) in [6.07, 6.45) is 2.59. The monoisotopic (exact) mass is 225 g/mol. The lowest BCUT2D eigenvalue weighted by atomic mass is 9.84. The Hall–Kier alpha value is -1.19. The van der Waals surface area contributed by atoms with Gasteiger partial charge in [0.2, 0.25) is 11.7 Å². The van der Waals surface area contributed by atoms with Crippen LogP contribution in [0.3, 0.4) is 0 Å². The van der Waals surface area contributed by atoms with Crippen molar-refractivity contribution in [3.63, 3.8) is 0 Å². The highest BCUT2D eigenvalue weighted by Crippen LogP contribution is 2.23. The number of carbonyl (C=O) groups excluding carboxylic acids is 3. The number of carbonyl (C=O) groups is 3. The Morgan fingerprint density at radius 1 is 1.31 bits per heavy atom. The van der Waals surface area contributed by atoms with Gasteiger partial charge in [0.05, 0.1) is 0 Å². The highest BCUT2D eigenvalue weighted by Gasteiger charge is 2.37. The van der Waals surface area contributed by atoms with E-state index >= 15 is 0 Å². The number of ketones is 1. The number of nitrogens with zero attached hydrogens (tertiary/aromatic N) is 1. The highest BCUT2D eigenvalue weighted by molar-refractivity contribution is 6.40. The lowest BCUT2D eigenvalue weighted by Crippen LogP contribution is -2.47. The standard InChI is InChI=1S/C12H19NO3/c1-4-12(2,3)10(15)11(16)13-8-6-5-7-9(13)14/h4-8H2,1-3H3. The van der Waals surface area contributed by atoms with Crippen LogP contribution in [0.5, 0.6) is 0 Å². The zero-order valence-electron chi connectivity index (χ0n) is 10.2. The molecule has 4 nitrogen and oxygen atoms in total. The van der Waals surface area contributed by atoms with E-state index in [2.05, 4.69) is 0 Å². The van der Waals surface area contributed by atoms with E-state index in [-0.39, 0.29) is 5.91 Å². The molecule has 0 aromatic rings. The maximum absolute atomic E-state index is 11.9. The normalized spacial score (nSPS) is 17.4. The summed E-state index contributed by atoms with van der Waals surface area (Å²) >= 11 is 0. The van der Waals surface area contributed by atoms with E-state index in [4.69, 9.17) is 0 Å². The molecule has 0 aliphatic carbocycles. The van der Waals surface area contributed by atoms with Crippen LogP contribution in [-0.4, -0.2) is 29.0 Å². The topological polar surface area (TPSA) is 54.5 Å². The van der Waals surface area contributed by atoms with E-state index in [0.717, 1.165) is 17.7 Å². The molecule has 1 heterocycles. The van der Waals surface area contributed by atoms with Crippen molar-refractivity contribution in [2.45, 2.75) is 46.5 Å². The summed E-state index contributed by atoms with van der Waals surface area (Å²) in [5.74, 6) is -1.29. The molecule has 4 heteroatoms. The fraction of sp³-hybridized carbons (Fsp3) is 0.750. The summed E-state index contributed by atoms with van der Waals surface area (Å²) in [7, 11) is 0. The maximum atomic E-state index is 11.9. The molecule has 0 atom stereocenters. The first-order chi connectivity index (χ1) is 7.40. The molecule has 1 fully saturated rings. The van der Waals surface area contributed by atoms with Gasteiger partial charge in [0.1, 0.15) is 0 Å². The molecule has 0 spiro atoms. The molecule has 16 heavy (non-hydrogen) atoms. The van der Waals surface area contributed by atoms with E-state index in [1.165, 1.54) is 0 Å². The minimum Gasteiger partial charge on any atom is -0.288 e. The first kappa shape index (κ1) is 12.9. The number of imide groups is 1. The smallest absolute Gasteiger partial charge is 0.288 e. The summed E-state index contributed by atoms with van der Waals surface area (Å²) in [5.41, 5.74) is -0.672. The van der Waals surface area contributed by atoms with Crippen molar-refractivity contribution in [1.29, 1.82) is 0 Å². The average molecular weight is 225 g/mol. The van der Waals surface area contributed by atoms with Gasteiger partial charge in [-0.25, -0.2) is 0 Å². The van der Waals surface area contributed by atoms with Crippen LogP contribution in [0.2, 0.25) is 0 Å². The van der Waals surface area contributed by atoms with Crippen molar-refractivity contribution in [1.82, 2.24) is 4.90 Å². The molecule has 0 N–H and O–H groups in total. The second-order valence-electron chi connectivity index (χ2n) is 4.87. The van der Waals surface area contributed by atoms with Gasteiger partial charge < -0.3 is 0 Å². The summed E-state index contributed by atoms with van der Waals surface area (Å²) in [4.78, 5) is 36.4. The Kier molecular flexibility index (Phi) is 3.83. The second-order valence-corrected chi connectivity index (χ2v) is 4.87. The van der Waals surface area contributed by atoms with Gasteiger partial charge in [0.15, 0.2) is 0 Å². The number of hydrogen-bond acceptors (Lipinski definition) is 3. The van der Waals surface area contributed by atoms with Gasteiger partial charge in [-0.2, -0.15) is 0 Å². The Balaban J connectivity index is 2.77. The van der Waals surface area contributed by atoms with Gasteiger partial charge in [-0.05, 0) is 19.3 Å². The van der Waals surface area contributed by atoms with Crippen LogP contribution in [-0.2, 0) is 14.4 Å². The fourth-order valence-corrected chi connectivity index (χ4v) is 1.59. The quantitative estimate of drug-likeness (QED) is 0.684. The Labute approximate surface area is 96.0 Å². The molecule has 2 amide bonds. The second kappa shape index (κ2) is 4.76. The van der Waals surface area contributed by atoms with Crippen molar-refractivity contribution in [2.24, 2.45) is 5.41 Å². The van der Waals surface area contributed by atoms with Crippen molar-refractivity contribution in [2.75, 3.05) is 6.54 Å². The molecule has 0 saturated carbocycles. The van der Waals surface area contributed by atoms with Crippen molar-refractivity contribution in [3.8, 4) is 0 Å². The number of piperidine rings is 1. The molecular weight excluding hydrogens is 206 g/mol. The van der Waals surface area contributed by atoms with Gasteiger partial charge in [-0.15, -0.1) is 0 Å². The van der Waals surface area contributed by atoms with Crippen LogP contribution in [0.15, 0.2) is 0 Å². The predicted octanol–water partition coefficient (Wildman–Crippen LogP) is 1.53. The molecule has 1 rings (SSSR count). The zero-order valence-corrected chi connectivity index (χ0v) is 10.2. The molecule has 0 aromatic carbocycles. The number of amides is 2. The maximum Gasteiger partial charge on any atom is 0.297 e. The van der Waals surface area contributed by atoms with Gasteiger partial charge in [-0.1, -0.05) is 20.8 Å². The van der Waals surface area contributed by atoms with Crippen molar-refractivity contribution < 1.29 is 14.4 Å². The first-order valence-electron chi connectivity index (χ1n) is 5.79. The van der Waals surface area contributed by atoms with Crippen LogP contribution >= 0.6 is 0 Å². The molecule has 90 valence electrons. The van der Waals surface area contributed by atoms with Gasteiger partial charge in [0.25, 0.3) is 5.91 Å². The van der Waals surface area contributed by atoms with E-state index in [1.807, 2.05) is 6.92 Å². The minimum atomic E-state index is -0.672. The lowest BCUT2D eigenvalue weighted by molar-refractivity contribution is -0.156. The van der Waals surface area contributed by atoms with Gasteiger partial charge in [0, 0.05) is 18.4 Å². The summed E-state index contributed by atoms with van der Waals surface area (Å²) in [6.45, 7) is 5.73. The van der Waals surface area contributed by atoms with E-state index < -0.39 is 17.1 Å². The average Bonchev–Trinajstić information content (AvgIpc) is 2.27. The molecule has 0 unspecified atom stereocenters. The number of Topliss-reactive ketones (excluding diaryl/α,β-unsaturated/α-hetero) is 1. The van der Waals surface area contributed by atoms with Crippen molar-refractivity contribution in [3.05, 3.63) is 0 Å². The molecule has 1 aliphatic heterocycles. The first-order valence-corrected chi connectivity index (χ1v) is 5.79. The number of hydrogen-bond donors (Lipinski definition) is 0. The third-order valence-corrected chi connectivity index (χ3v) is 3.26. The van der Waals surface area contributed by atoms with Crippen LogP contribution in [0, 0.1) is 5.41 Å². The Bertz CT molecular complexity index is 320. The minimum absolute atomic E-state index is 0.212. The molecule has 0 bridgehead atoms. The summed E-state index contributed by atoms with van der Waals surface area (Å²) < 4.78 is 0. The van der Waals surface area contributed by atoms with Crippen LogP contribution in [0.25, 0.3) is 0 Å². The van der Waals surface area contributed by atoms with Crippen LogP contribution in [0.4, 0.5) is 0 Å². The third kappa shape index (κ3) is 2.49. The van der Waals surface area contributed by atoms with Gasteiger partial charge >= 0.3 is 0 Å². The van der Waals surface area contributed by atoms with Crippen LogP contribution in [0.1, 0.15) is 46.5 Å². The number of rotatable bonds is 3. The lowest BCUT2D eigenvalue weighted by Gasteiger charge is -2.28. The Morgan fingerprint density at radius 3 is 2.44 bits per heavy atom. The molecule has 0 aromatic heterocycles. The fourth-order valence-electron chi connectivity index (χ4n) is 1.59. The molecular formula is C12H19NO3. The zero-order chi connectivity index (χ0) is 12.3. The summed E-state index contributed by atoms with van der Waals surface area (Å²) in [6, 6.07) is 0. The highest BCUT2D eigenvalue weighted by atomic mass is 16.2. The molecule has 0 radical (unpaired) electrons. The Morgan fingerprint density at radius 2 is 1.94 bits per heavy atom. The molecule has 1 aliphatic rings. The van der Waals surface area contributed by atoms with Crippen LogP contribution < -0.4 is 0 Å². The van der Waals surface area contributed by atoms with Gasteiger partial charge in [-0.3, -0.25) is 19.3 Å². The largest absolute Gasteiger partial charge is 0.297 e. The van der Waals surface area contributed by atoms with E-state index in [9.17, 15) is 14.4 Å². The van der Waals surface area contributed by atoms with E-state index in [0.29, 0.717) is 19.4 Å². The van der Waals surface area contributed by atoms with E-state index in [1.54, 1.807) is 13.8 Å². The third-order valence-electron chi connectivity index (χ3n) is 3.26. The SMILES string of the molecule is CCC(C)(C)C(=O)C(=O)N1CCCCC1=O. The predicted molar refractivity (Wildman–Crippen MR) is 59.7 cm³/mol. The summed E-state index contributed by atoms with van der Waals surface area (Å²) in [5, 5.41) is 0. The number of likely N-dealkylation sites (tertiary alicyclic amines) is 1. The van der Waals surface area contributed by atoms with Crippen molar-refractivity contribution >= 4 is 17.6 Å². The molecule has 1 saturated heterocycles.